The van der Waals surface area contributed by atoms with Gasteiger partial charge in [-0.1, -0.05) is 12.1 Å². The molecule has 3 heteroatoms. The van der Waals surface area contributed by atoms with Crippen molar-refractivity contribution in [2.24, 2.45) is 0 Å². The lowest BCUT2D eigenvalue weighted by Gasteiger charge is -2.28. The fourth-order valence-electron chi connectivity index (χ4n) is 2.43. The van der Waals surface area contributed by atoms with Crippen LogP contribution in [-0.4, -0.2) is 33.4 Å². The summed E-state index contributed by atoms with van der Waals surface area (Å²) in [5, 5.41) is 3.16. The second-order valence-corrected chi connectivity index (χ2v) is 5.07. The first-order valence-corrected chi connectivity index (χ1v) is 6.86. The maximum atomic E-state index is 5.78. The molecule has 1 unspecified atom stereocenters. The summed E-state index contributed by atoms with van der Waals surface area (Å²) < 4.78 is 5.78. The van der Waals surface area contributed by atoms with Gasteiger partial charge in [0.05, 0.1) is 6.10 Å². The van der Waals surface area contributed by atoms with Gasteiger partial charge in [0.15, 0.2) is 0 Å². The molecule has 1 aromatic carbocycles. The van der Waals surface area contributed by atoms with Crippen LogP contribution in [0, 0.1) is 0 Å². The van der Waals surface area contributed by atoms with Crippen molar-refractivity contribution in [1.82, 2.24) is 5.32 Å². The Balaban J connectivity index is 1.89. The van der Waals surface area contributed by atoms with E-state index in [0.29, 0.717) is 6.10 Å². The van der Waals surface area contributed by atoms with Crippen LogP contribution in [0.25, 0.3) is 0 Å². The van der Waals surface area contributed by atoms with Gasteiger partial charge in [0.25, 0.3) is 0 Å². The molecule has 0 aliphatic carbocycles. The molecule has 0 bridgehead atoms. The molecule has 0 saturated carbocycles. The highest BCUT2D eigenvalue weighted by Crippen LogP contribution is 2.18. The van der Waals surface area contributed by atoms with E-state index in [1.54, 1.807) is 0 Å². The molecular weight excluding hydrogens is 224 g/mol. The van der Waals surface area contributed by atoms with Crippen LogP contribution in [0.2, 0.25) is 0 Å². The van der Waals surface area contributed by atoms with Crippen molar-refractivity contribution in [3.8, 4) is 0 Å². The van der Waals surface area contributed by atoms with Gasteiger partial charge in [-0.15, -0.1) is 0 Å². The first-order chi connectivity index (χ1) is 8.79. The molecule has 0 amide bonds. The van der Waals surface area contributed by atoms with E-state index in [1.165, 1.54) is 30.5 Å². The van der Waals surface area contributed by atoms with E-state index in [9.17, 15) is 0 Å². The van der Waals surface area contributed by atoms with E-state index in [1.807, 2.05) is 7.05 Å². The number of hydrogen-bond acceptors (Lipinski definition) is 3. The Morgan fingerprint density at radius 2 is 2.06 bits per heavy atom. The molecule has 2 rings (SSSR count). The van der Waals surface area contributed by atoms with Crippen molar-refractivity contribution in [3.63, 3.8) is 0 Å². The minimum absolute atomic E-state index is 0.403. The minimum atomic E-state index is 0.403. The second kappa shape index (κ2) is 6.76. The Kier molecular flexibility index (Phi) is 5.02. The zero-order valence-corrected chi connectivity index (χ0v) is 11.5. The second-order valence-electron chi connectivity index (χ2n) is 5.07. The van der Waals surface area contributed by atoms with E-state index in [4.69, 9.17) is 4.74 Å². The smallest absolute Gasteiger partial charge is 0.0749 e. The van der Waals surface area contributed by atoms with Gasteiger partial charge in [-0.2, -0.15) is 0 Å². The summed E-state index contributed by atoms with van der Waals surface area (Å²) >= 11 is 0. The average Bonchev–Trinajstić information content (AvgIpc) is 2.41. The van der Waals surface area contributed by atoms with Gasteiger partial charge < -0.3 is 15.0 Å². The van der Waals surface area contributed by atoms with Crippen molar-refractivity contribution in [1.29, 1.82) is 0 Å². The van der Waals surface area contributed by atoms with Crippen LogP contribution in [0.5, 0.6) is 0 Å². The highest BCUT2D eigenvalue weighted by Gasteiger charge is 2.15. The van der Waals surface area contributed by atoms with Crippen LogP contribution in [0.15, 0.2) is 24.3 Å². The van der Waals surface area contributed by atoms with Crippen LogP contribution in [0.3, 0.4) is 0 Å². The number of nitrogens with one attached hydrogen (secondary N) is 1. The fraction of sp³-hybridized carbons (Fsp3) is 0.600. The molecule has 0 spiro atoms. The van der Waals surface area contributed by atoms with Gasteiger partial charge in [-0.05, 0) is 44.0 Å². The van der Waals surface area contributed by atoms with Crippen LogP contribution >= 0.6 is 0 Å². The monoisotopic (exact) mass is 248 g/mol. The Hall–Kier alpha value is -1.06. The summed E-state index contributed by atoms with van der Waals surface area (Å²) in [4.78, 5) is 2.29. The summed E-state index contributed by atoms with van der Waals surface area (Å²) in [7, 11) is 4.12. The summed E-state index contributed by atoms with van der Waals surface area (Å²) in [5.74, 6) is 0. The highest BCUT2D eigenvalue weighted by atomic mass is 16.5. The lowest BCUT2D eigenvalue weighted by atomic mass is 10.1. The maximum Gasteiger partial charge on any atom is 0.0749 e. The molecular formula is C15H24N2O. The molecule has 1 aliphatic heterocycles. The van der Waals surface area contributed by atoms with Crippen LogP contribution in [-0.2, 0) is 11.3 Å². The van der Waals surface area contributed by atoms with Gasteiger partial charge in [-0.3, -0.25) is 0 Å². The van der Waals surface area contributed by atoms with E-state index >= 15 is 0 Å². The standard InChI is InChI=1S/C15H24N2O/c1-16-11-13-6-8-14(9-7-13)17(2)12-15-5-3-4-10-18-15/h6-9,15-16H,3-5,10-12H2,1-2H3. The number of nitrogens with zero attached hydrogens (tertiary/aromatic N) is 1. The quantitative estimate of drug-likeness (QED) is 0.866. The Morgan fingerprint density at radius 3 is 2.67 bits per heavy atom. The molecule has 1 heterocycles. The van der Waals surface area contributed by atoms with E-state index < -0.39 is 0 Å². The van der Waals surface area contributed by atoms with Crippen molar-refractivity contribution in [2.75, 3.05) is 32.1 Å². The third-order valence-corrected chi connectivity index (χ3v) is 3.51. The van der Waals surface area contributed by atoms with E-state index in [-0.39, 0.29) is 0 Å². The molecule has 3 nitrogen and oxygen atoms in total. The maximum absolute atomic E-state index is 5.78. The van der Waals surface area contributed by atoms with Crippen LogP contribution in [0.4, 0.5) is 5.69 Å². The molecule has 1 N–H and O–H groups in total. The lowest BCUT2D eigenvalue weighted by Crippen LogP contribution is -2.33. The predicted molar refractivity (Wildman–Crippen MR) is 76.1 cm³/mol. The SMILES string of the molecule is CNCc1ccc(N(C)CC2CCCCO2)cc1. The summed E-state index contributed by atoms with van der Waals surface area (Å²) in [6, 6.07) is 8.75. The molecule has 0 aromatic heterocycles. The zero-order valence-electron chi connectivity index (χ0n) is 11.5. The number of benzene rings is 1. The topological polar surface area (TPSA) is 24.5 Å². The van der Waals surface area contributed by atoms with Crippen LogP contribution in [0.1, 0.15) is 24.8 Å². The molecule has 1 aromatic rings. The number of anilines is 1. The largest absolute Gasteiger partial charge is 0.376 e. The zero-order chi connectivity index (χ0) is 12.8. The van der Waals surface area contributed by atoms with Gasteiger partial charge in [0, 0.05) is 32.4 Å². The molecule has 18 heavy (non-hydrogen) atoms. The van der Waals surface area contributed by atoms with Crippen LogP contribution < -0.4 is 10.2 Å². The third kappa shape index (κ3) is 3.72. The lowest BCUT2D eigenvalue weighted by molar-refractivity contribution is 0.0216. The van der Waals surface area contributed by atoms with Crippen molar-refractivity contribution in [2.45, 2.75) is 31.9 Å². The molecule has 0 radical (unpaired) electrons. The first kappa shape index (κ1) is 13.4. The fourth-order valence-corrected chi connectivity index (χ4v) is 2.43. The van der Waals surface area contributed by atoms with Crippen molar-refractivity contribution >= 4 is 5.69 Å². The predicted octanol–water partition coefficient (Wildman–Crippen LogP) is 2.41. The van der Waals surface area contributed by atoms with Crippen molar-refractivity contribution < 1.29 is 4.74 Å². The van der Waals surface area contributed by atoms with E-state index in [2.05, 4.69) is 41.5 Å². The number of likely N-dealkylation sites (N-methyl/N-ethyl adjacent to an activating group) is 1. The summed E-state index contributed by atoms with van der Waals surface area (Å²) in [6.07, 6.45) is 4.13. The highest BCUT2D eigenvalue weighted by molar-refractivity contribution is 5.47. The first-order valence-electron chi connectivity index (χ1n) is 6.86. The van der Waals surface area contributed by atoms with Gasteiger partial charge in [-0.25, -0.2) is 0 Å². The Bertz CT molecular complexity index is 344. The molecule has 100 valence electrons. The average molecular weight is 248 g/mol. The Labute approximate surface area is 110 Å². The van der Waals surface area contributed by atoms with Gasteiger partial charge in [0.1, 0.15) is 0 Å². The van der Waals surface area contributed by atoms with Crippen molar-refractivity contribution in [3.05, 3.63) is 29.8 Å². The molecule has 1 atom stereocenters. The number of ether oxygens (including phenoxy) is 1. The normalized spacial score (nSPS) is 19.8. The number of hydrogen-bond donors (Lipinski definition) is 1. The Morgan fingerprint density at radius 1 is 1.28 bits per heavy atom. The van der Waals surface area contributed by atoms with Gasteiger partial charge in [0.2, 0.25) is 0 Å². The molecule has 1 fully saturated rings. The number of rotatable bonds is 5. The summed E-state index contributed by atoms with van der Waals surface area (Å²) in [5.41, 5.74) is 2.59. The molecule has 1 saturated heterocycles. The molecule has 1 aliphatic rings. The van der Waals surface area contributed by atoms with Gasteiger partial charge >= 0.3 is 0 Å². The summed E-state index contributed by atoms with van der Waals surface area (Å²) in [6.45, 7) is 2.85. The van der Waals surface area contributed by atoms with E-state index in [0.717, 1.165) is 19.7 Å². The third-order valence-electron chi connectivity index (χ3n) is 3.51. The minimum Gasteiger partial charge on any atom is -0.376 e.